The Labute approximate surface area is 157 Å². The van der Waals surface area contributed by atoms with Gasteiger partial charge in [-0.2, -0.15) is 10.5 Å². The quantitative estimate of drug-likeness (QED) is 0.878. The Kier molecular flexibility index (Phi) is 5.01. The number of nitrogens with zero attached hydrogens (tertiary/aromatic N) is 3. The summed E-state index contributed by atoms with van der Waals surface area (Å²) in [6.07, 6.45) is 3.09. The number of benzene rings is 1. The molecular weight excluding hydrogens is 338 g/mol. The van der Waals surface area contributed by atoms with Crippen LogP contribution in [0.25, 0.3) is 5.57 Å². The molecule has 132 valence electrons. The van der Waals surface area contributed by atoms with Gasteiger partial charge in [-0.05, 0) is 43.7 Å². The van der Waals surface area contributed by atoms with E-state index in [1.165, 1.54) is 6.20 Å². The molecule has 3 rings (SSSR count). The molecule has 6 heteroatoms. The number of pyridine rings is 1. The molecule has 0 radical (unpaired) electrons. The highest BCUT2D eigenvalue weighted by atomic mass is 16.1. The summed E-state index contributed by atoms with van der Waals surface area (Å²) in [7, 11) is 0. The summed E-state index contributed by atoms with van der Waals surface area (Å²) in [5.74, 6) is -0.277. The van der Waals surface area contributed by atoms with Gasteiger partial charge in [0.2, 0.25) is 0 Å². The lowest BCUT2D eigenvalue weighted by molar-refractivity contribution is 0.102. The van der Waals surface area contributed by atoms with Gasteiger partial charge in [0.15, 0.2) is 0 Å². The molecule has 27 heavy (non-hydrogen) atoms. The lowest BCUT2D eigenvalue weighted by atomic mass is 9.87. The van der Waals surface area contributed by atoms with Crippen LogP contribution in [0.5, 0.6) is 0 Å². The van der Waals surface area contributed by atoms with Crippen molar-refractivity contribution < 1.29 is 4.79 Å². The molecule has 1 atom stereocenters. The van der Waals surface area contributed by atoms with Crippen molar-refractivity contribution >= 4 is 17.2 Å². The molecule has 1 aliphatic rings. The smallest absolute Gasteiger partial charge is 0.257 e. The second kappa shape index (κ2) is 7.55. The average Bonchev–Trinajstić information content (AvgIpc) is 2.68. The van der Waals surface area contributed by atoms with Crippen molar-refractivity contribution in [2.75, 3.05) is 5.32 Å². The lowest BCUT2D eigenvalue weighted by Gasteiger charge is -2.25. The number of carbonyl (C=O) groups is 1. The van der Waals surface area contributed by atoms with Crippen molar-refractivity contribution in [1.82, 2.24) is 10.3 Å². The zero-order valence-corrected chi connectivity index (χ0v) is 14.9. The molecule has 1 aromatic heterocycles. The van der Waals surface area contributed by atoms with Gasteiger partial charge in [0, 0.05) is 29.4 Å². The van der Waals surface area contributed by atoms with Gasteiger partial charge >= 0.3 is 0 Å². The van der Waals surface area contributed by atoms with E-state index in [0.29, 0.717) is 33.5 Å². The first-order chi connectivity index (χ1) is 13.0. The van der Waals surface area contributed by atoms with Crippen LogP contribution < -0.4 is 10.6 Å². The lowest BCUT2D eigenvalue weighted by Crippen LogP contribution is -2.31. The number of nitriles is 2. The number of hydrogen-bond donors (Lipinski definition) is 2. The first kappa shape index (κ1) is 17.9. The number of carbonyl (C=O) groups excluding carboxylic acids is 1. The zero-order chi connectivity index (χ0) is 19.4. The van der Waals surface area contributed by atoms with Crippen molar-refractivity contribution in [3.8, 4) is 12.1 Å². The Morgan fingerprint density at radius 1 is 1.22 bits per heavy atom. The molecule has 1 unspecified atom stereocenters. The molecule has 2 aromatic rings. The molecular formula is C21H17N5O. The number of aromatic nitrogens is 1. The Morgan fingerprint density at radius 3 is 2.70 bits per heavy atom. The van der Waals surface area contributed by atoms with Crippen LogP contribution in [0.3, 0.4) is 0 Å². The normalized spacial score (nSPS) is 16.2. The second-order valence-corrected chi connectivity index (χ2v) is 6.15. The predicted octanol–water partition coefficient (Wildman–Crippen LogP) is 3.40. The Morgan fingerprint density at radius 2 is 2.04 bits per heavy atom. The van der Waals surface area contributed by atoms with E-state index in [-0.39, 0.29) is 11.9 Å². The first-order valence-corrected chi connectivity index (χ1v) is 8.39. The van der Waals surface area contributed by atoms with Gasteiger partial charge in [0.25, 0.3) is 5.91 Å². The summed E-state index contributed by atoms with van der Waals surface area (Å²) in [5.41, 5.74) is 3.98. The summed E-state index contributed by atoms with van der Waals surface area (Å²) in [6, 6.07) is 14.7. The number of dihydropyridines is 1. The fourth-order valence-corrected chi connectivity index (χ4v) is 3.05. The van der Waals surface area contributed by atoms with Gasteiger partial charge in [-0.15, -0.1) is 0 Å². The summed E-state index contributed by atoms with van der Waals surface area (Å²) >= 11 is 0. The highest BCUT2D eigenvalue weighted by Crippen LogP contribution is 2.34. The van der Waals surface area contributed by atoms with Crippen LogP contribution in [0, 0.1) is 22.7 Å². The summed E-state index contributed by atoms with van der Waals surface area (Å²) in [6.45, 7) is 3.70. The standard InChI is InChI=1S/C21H17N5O/c1-13-18(10-22)20(19(11-23)14(2)25-13)15-5-3-7-17(9-15)26-21(27)16-6-4-8-24-12-16/h3-9,12-13,25H,1-2H3,(H,26,27). The molecule has 6 nitrogen and oxygen atoms in total. The third-order valence-corrected chi connectivity index (χ3v) is 4.33. The van der Waals surface area contributed by atoms with Gasteiger partial charge < -0.3 is 10.6 Å². The van der Waals surface area contributed by atoms with Crippen molar-refractivity contribution in [2.45, 2.75) is 19.9 Å². The van der Waals surface area contributed by atoms with E-state index >= 15 is 0 Å². The molecule has 2 N–H and O–H groups in total. The minimum Gasteiger partial charge on any atom is -0.380 e. The van der Waals surface area contributed by atoms with E-state index in [4.69, 9.17) is 0 Å². The van der Waals surface area contributed by atoms with Gasteiger partial charge in [-0.3, -0.25) is 9.78 Å². The number of allylic oxidation sites excluding steroid dienone is 3. The summed E-state index contributed by atoms with van der Waals surface area (Å²) in [5, 5.41) is 25.2. The molecule has 0 spiro atoms. The number of anilines is 1. The van der Waals surface area contributed by atoms with E-state index in [1.807, 2.05) is 19.9 Å². The second-order valence-electron chi connectivity index (χ2n) is 6.15. The molecule has 0 saturated heterocycles. The zero-order valence-electron chi connectivity index (χ0n) is 14.9. The summed E-state index contributed by atoms with van der Waals surface area (Å²) in [4.78, 5) is 16.3. The number of nitrogens with one attached hydrogen (secondary N) is 2. The third kappa shape index (κ3) is 3.56. The Hall–Kier alpha value is -3.90. The van der Waals surface area contributed by atoms with E-state index < -0.39 is 0 Å². The largest absolute Gasteiger partial charge is 0.380 e. The Bertz CT molecular complexity index is 1040. The van der Waals surface area contributed by atoms with E-state index in [2.05, 4.69) is 27.8 Å². The van der Waals surface area contributed by atoms with Crippen LogP contribution in [0.15, 0.2) is 65.6 Å². The SMILES string of the molecule is CC1=C(C#N)C(c2cccc(NC(=O)c3cccnc3)c2)=C(C#N)C(C)N1. The fourth-order valence-electron chi connectivity index (χ4n) is 3.05. The number of rotatable bonds is 3. The molecule has 0 saturated carbocycles. The molecule has 0 aliphatic carbocycles. The van der Waals surface area contributed by atoms with Gasteiger partial charge in [-0.1, -0.05) is 12.1 Å². The topological polar surface area (TPSA) is 102 Å². The molecule has 2 heterocycles. The Balaban J connectivity index is 2.01. The number of hydrogen-bond acceptors (Lipinski definition) is 5. The highest BCUT2D eigenvalue weighted by molar-refractivity contribution is 6.04. The van der Waals surface area contributed by atoms with Crippen molar-refractivity contribution in [3.05, 3.63) is 76.8 Å². The minimum atomic E-state index is -0.277. The van der Waals surface area contributed by atoms with Crippen LogP contribution in [-0.4, -0.2) is 16.9 Å². The van der Waals surface area contributed by atoms with Gasteiger partial charge in [0.05, 0.1) is 28.8 Å². The van der Waals surface area contributed by atoms with E-state index in [9.17, 15) is 15.3 Å². The molecule has 1 aliphatic heterocycles. The molecule has 1 amide bonds. The van der Waals surface area contributed by atoms with Crippen LogP contribution in [-0.2, 0) is 0 Å². The molecule has 0 bridgehead atoms. The monoisotopic (exact) mass is 355 g/mol. The van der Waals surface area contributed by atoms with Crippen molar-refractivity contribution in [1.29, 1.82) is 10.5 Å². The van der Waals surface area contributed by atoms with Crippen LogP contribution in [0.1, 0.15) is 29.8 Å². The van der Waals surface area contributed by atoms with E-state index in [0.717, 1.165) is 5.70 Å². The number of amides is 1. The van der Waals surface area contributed by atoms with Crippen LogP contribution in [0.4, 0.5) is 5.69 Å². The van der Waals surface area contributed by atoms with Crippen molar-refractivity contribution in [3.63, 3.8) is 0 Å². The van der Waals surface area contributed by atoms with E-state index in [1.54, 1.807) is 36.5 Å². The fraction of sp³-hybridized carbons (Fsp3) is 0.143. The van der Waals surface area contributed by atoms with Crippen LogP contribution in [0.2, 0.25) is 0 Å². The molecule has 1 aromatic carbocycles. The van der Waals surface area contributed by atoms with Crippen LogP contribution >= 0.6 is 0 Å². The van der Waals surface area contributed by atoms with Gasteiger partial charge in [-0.25, -0.2) is 0 Å². The van der Waals surface area contributed by atoms with Crippen molar-refractivity contribution in [2.24, 2.45) is 0 Å². The average molecular weight is 355 g/mol. The molecule has 0 fully saturated rings. The maximum absolute atomic E-state index is 12.4. The highest BCUT2D eigenvalue weighted by Gasteiger charge is 2.26. The minimum absolute atomic E-state index is 0.198. The first-order valence-electron chi connectivity index (χ1n) is 8.39. The third-order valence-electron chi connectivity index (χ3n) is 4.33. The predicted molar refractivity (Wildman–Crippen MR) is 102 cm³/mol. The van der Waals surface area contributed by atoms with Gasteiger partial charge in [0.1, 0.15) is 6.07 Å². The maximum Gasteiger partial charge on any atom is 0.257 e. The summed E-state index contributed by atoms with van der Waals surface area (Å²) < 4.78 is 0. The maximum atomic E-state index is 12.4.